The average Bonchev–Trinajstić information content (AvgIpc) is 2.89. The number of hydrogen-bond acceptors (Lipinski definition) is 0. The van der Waals surface area contributed by atoms with Gasteiger partial charge in [-0.05, 0) is 32.0 Å². The molecule has 112 valence electrons. The van der Waals surface area contributed by atoms with E-state index in [0.29, 0.717) is 5.56 Å². The van der Waals surface area contributed by atoms with Crippen LogP contribution in [0.5, 0.6) is 0 Å². The van der Waals surface area contributed by atoms with E-state index in [9.17, 15) is 4.39 Å². The molecule has 0 amide bonds. The number of imidazole rings is 1. The summed E-state index contributed by atoms with van der Waals surface area (Å²) in [7, 11) is 1.98. The molecule has 0 N–H and O–H groups in total. The maximum Gasteiger partial charge on any atom is 0.294 e. The predicted molar refractivity (Wildman–Crippen MR) is 86.5 cm³/mol. The fraction of sp³-hybridized carbons (Fsp3) is 0.211. The van der Waals surface area contributed by atoms with Gasteiger partial charge in [0, 0.05) is 5.56 Å². The third kappa shape index (κ3) is 2.54. The summed E-state index contributed by atoms with van der Waals surface area (Å²) >= 11 is 0. The number of halogens is 1. The normalized spacial score (nSPS) is 11.6. The molecule has 0 spiro atoms. The molecule has 0 aliphatic carbocycles. The first-order chi connectivity index (χ1) is 10.5. The first kappa shape index (κ1) is 14.5. The van der Waals surface area contributed by atoms with E-state index >= 15 is 0 Å². The molecule has 1 aromatic heterocycles. The number of aryl methyl sites for hydroxylation is 1. The van der Waals surface area contributed by atoms with E-state index < -0.39 is 5.67 Å². The average molecular weight is 295 g/mol. The van der Waals surface area contributed by atoms with E-state index in [1.165, 1.54) is 0 Å². The summed E-state index contributed by atoms with van der Waals surface area (Å²) in [6.07, 6.45) is 4.00. The molecule has 22 heavy (non-hydrogen) atoms. The number of benzene rings is 2. The second-order valence-corrected chi connectivity index (χ2v) is 5.96. The van der Waals surface area contributed by atoms with E-state index in [1.807, 2.05) is 78.6 Å². The van der Waals surface area contributed by atoms with E-state index in [1.54, 1.807) is 13.8 Å². The fourth-order valence-electron chi connectivity index (χ4n) is 2.79. The van der Waals surface area contributed by atoms with Crippen LogP contribution in [0, 0.1) is 0 Å². The number of alkyl halides is 1. The Morgan fingerprint density at radius 3 is 2.27 bits per heavy atom. The summed E-state index contributed by atoms with van der Waals surface area (Å²) in [6, 6.07) is 17.8. The molecule has 0 aliphatic rings. The molecule has 3 heteroatoms. The van der Waals surface area contributed by atoms with Crippen LogP contribution in [0.25, 0.3) is 17.1 Å². The van der Waals surface area contributed by atoms with Gasteiger partial charge in [-0.15, -0.1) is 0 Å². The van der Waals surface area contributed by atoms with Crippen molar-refractivity contribution in [2.45, 2.75) is 19.5 Å². The van der Waals surface area contributed by atoms with Crippen LogP contribution in [0.1, 0.15) is 19.4 Å². The fourth-order valence-corrected chi connectivity index (χ4v) is 2.79. The molecule has 0 radical (unpaired) electrons. The Balaban J connectivity index is 2.25. The van der Waals surface area contributed by atoms with Crippen molar-refractivity contribution in [3.05, 3.63) is 72.6 Å². The van der Waals surface area contributed by atoms with Gasteiger partial charge in [0.05, 0.1) is 12.6 Å². The van der Waals surface area contributed by atoms with E-state index in [2.05, 4.69) is 4.57 Å². The zero-order chi connectivity index (χ0) is 15.7. The molecule has 0 atom stereocenters. The lowest BCUT2D eigenvalue weighted by atomic mass is 9.94. The molecule has 3 aromatic rings. The molecule has 0 bridgehead atoms. The van der Waals surface area contributed by atoms with Crippen molar-refractivity contribution in [2.75, 3.05) is 0 Å². The smallest absolute Gasteiger partial charge is 0.239 e. The minimum absolute atomic E-state index is 0.696. The molecule has 1 heterocycles. The summed E-state index contributed by atoms with van der Waals surface area (Å²) in [5, 5.41) is 0. The Bertz CT molecular complexity index is 783. The SMILES string of the molecule is C[n+]1ccn(-c2ccccc2)c1-c1ccccc1C(C)(C)F. The highest BCUT2D eigenvalue weighted by atomic mass is 19.1. The Morgan fingerprint density at radius 1 is 0.955 bits per heavy atom. The maximum atomic E-state index is 14.6. The molecule has 0 unspecified atom stereocenters. The van der Waals surface area contributed by atoms with Crippen molar-refractivity contribution >= 4 is 0 Å². The van der Waals surface area contributed by atoms with Crippen LogP contribution in [0.15, 0.2) is 67.0 Å². The van der Waals surface area contributed by atoms with Gasteiger partial charge < -0.3 is 0 Å². The van der Waals surface area contributed by atoms with Crippen molar-refractivity contribution in [3.8, 4) is 17.1 Å². The number of hydrogen-bond donors (Lipinski definition) is 0. The summed E-state index contributed by atoms with van der Waals surface area (Å²) in [4.78, 5) is 0. The van der Waals surface area contributed by atoms with Gasteiger partial charge in [0.25, 0.3) is 5.82 Å². The molecule has 0 saturated heterocycles. The lowest BCUT2D eigenvalue weighted by Gasteiger charge is -2.18. The van der Waals surface area contributed by atoms with Gasteiger partial charge in [0.1, 0.15) is 23.7 Å². The molecule has 0 fully saturated rings. The highest BCUT2D eigenvalue weighted by Gasteiger charge is 2.28. The number of rotatable bonds is 3. The minimum atomic E-state index is -1.39. The van der Waals surface area contributed by atoms with Crippen molar-refractivity contribution < 1.29 is 8.96 Å². The highest BCUT2D eigenvalue weighted by molar-refractivity contribution is 5.62. The van der Waals surface area contributed by atoms with E-state index in [0.717, 1.165) is 17.1 Å². The first-order valence-electron chi connectivity index (χ1n) is 7.39. The monoisotopic (exact) mass is 295 g/mol. The lowest BCUT2D eigenvalue weighted by molar-refractivity contribution is -0.659. The van der Waals surface area contributed by atoms with Gasteiger partial charge in [-0.3, -0.25) is 0 Å². The van der Waals surface area contributed by atoms with Gasteiger partial charge in [-0.1, -0.05) is 36.4 Å². The van der Waals surface area contributed by atoms with Crippen LogP contribution in [-0.4, -0.2) is 4.57 Å². The van der Waals surface area contributed by atoms with Crippen molar-refractivity contribution in [1.29, 1.82) is 0 Å². The van der Waals surface area contributed by atoms with Gasteiger partial charge in [-0.2, -0.15) is 4.57 Å². The molecule has 0 saturated carbocycles. The topological polar surface area (TPSA) is 8.81 Å². The summed E-state index contributed by atoms with van der Waals surface area (Å²) in [5.41, 5.74) is 1.27. The molecule has 2 nitrogen and oxygen atoms in total. The maximum absolute atomic E-state index is 14.6. The number of aromatic nitrogens is 2. The third-order valence-corrected chi connectivity index (χ3v) is 3.84. The predicted octanol–water partition coefficient (Wildman–Crippen LogP) is 4.17. The van der Waals surface area contributed by atoms with Gasteiger partial charge in [0.15, 0.2) is 0 Å². The van der Waals surface area contributed by atoms with E-state index in [4.69, 9.17) is 0 Å². The highest BCUT2D eigenvalue weighted by Crippen LogP contribution is 2.33. The number of para-hydroxylation sites is 1. The Morgan fingerprint density at radius 2 is 1.59 bits per heavy atom. The van der Waals surface area contributed by atoms with E-state index in [-0.39, 0.29) is 0 Å². The Kier molecular flexibility index (Phi) is 3.57. The van der Waals surface area contributed by atoms with Gasteiger partial charge >= 0.3 is 0 Å². The van der Waals surface area contributed by atoms with Crippen LogP contribution in [-0.2, 0) is 12.7 Å². The largest absolute Gasteiger partial charge is 0.294 e. The quantitative estimate of drug-likeness (QED) is 0.641. The lowest BCUT2D eigenvalue weighted by Crippen LogP contribution is -2.30. The molecule has 0 aliphatic heterocycles. The zero-order valence-electron chi connectivity index (χ0n) is 13.1. The first-order valence-corrected chi connectivity index (χ1v) is 7.39. The molecule has 3 rings (SSSR count). The minimum Gasteiger partial charge on any atom is -0.239 e. The summed E-state index contributed by atoms with van der Waals surface area (Å²) in [6.45, 7) is 3.20. The van der Waals surface area contributed by atoms with Crippen molar-refractivity contribution in [1.82, 2.24) is 4.57 Å². The Hall–Kier alpha value is -2.42. The van der Waals surface area contributed by atoms with Crippen LogP contribution in [0.4, 0.5) is 4.39 Å². The Labute approximate surface area is 130 Å². The summed E-state index contributed by atoms with van der Waals surface area (Å²) < 4.78 is 18.7. The molecular weight excluding hydrogens is 275 g/mol. The standard InChI is InChI=1S/C19H20FN2/c1-19(2,20)17-12-8-7-11-16(17)18-21(3)13-14-22(18)15-9-5-4-6-10-15/h4-14H,1-3H3/q+1. The van der Waals surface area contributed by atoms with Crippen LogP contribution < -0.4 is 4.57 Å². The van der Waals surface area contributed by atoms with Crippen molar-refractivity contribution in [2.24, 2.45) is 7.05 Å². The third-order valence-electron chi connectivity index (χ3n) is 3.84. The van der Waals surface area contributed by atoms with Crippen LogP contribution in [0.2, 0.25) is 0 Å². The molecule has 2 aromatic carbocycles. The second kappa shape index (κ2) is 5.41. The van der Waals surface area contributed by atoms with Crippen LogP contribution in [0.3, 0.4) is 0 Å². The number of nitrogens with zero attached hydrogens (tertiary/aromatic N) is 2. The summed E-state index contributed by atoms with van der Waals surface area (Å²) in [5.74, 6) is 0.965. The van der Waals surface area contributed by atoms with Gasteiger partial charge in [0.2, 0.25) is 0 Å². The van der Waals surface area contributed by atoms with Gasteiger partial charge in [-0.25, -0.2) is 8.96 Å². The van der Waals surface area contributed by atoms with Crippen LogP contribution >= 0.6 is 0 Å². The zero-order valence-corrected chi connectivity index (χ0v) is 13.1. The second-order valence-electron chi connectivity index (χ2n) is 5.96. The van der Waals surface area contributed by atoms with Crippen molar-refractivity contribution in [3.63, 3.8) is 0 Å². The molecular formula is C19H20FN2+.